The molecule has 0 saturated heterocycles. The number of rotatable bonds is 4. The van der Waals surface area contributed by atoms with E-state index < -0.39 is 0 Å². The molecule has 0 aliphatic rings. The van der Waals surface area contributed by atoms with E-state index >= 15 is 0 Å². The molecule has 0 bridgehead atoms. The van der Waals surface area contributed by atoms with Crippen molar-refractivity contribution in [3.63, 3.8) is 0 Å². The summed E-state index contributed by atoms with van der Waals surface area (Å²) in [7, 11) is 0. The lowest BCUT2D eigenvalue weighted by Crippen LogP contribution is -2.16. The molecule has 6 aromatic rings. The number of H-pyrrole nitrogens is 1. The van der Waals surface area contributed by atoms with Crippen LogP contribution in [-0.4, -0.2) is 11.5 Å². The van der Waals surface area contributed by atoms with Crippen molar-refractivity contribution >= 4 is 49.4 Å². The zero-order chi connectivity index (χ0) is 22.4. The van der Waals surface area contributed by atoms with Gasteiger partial charge in [-0.2, -0.15) is 0 Å². The second-order valence-electron chi connectivity index (χ2n) is 8.14. The third kappa shape index (κ3) is 3.17. The molecule has 0 radical (unpaired) electrons. The number of nitrogens with one attached hydrogen (secondary N) is 2. The first-order valence-electron chi connectivity index (χ1n) is 10.9. The highest BCUT2D eigenvalue weighted by molar-refractivity contribution is 6.14. The summed E-state index contributed by atoms with van der Waals surface area (Å²) < 4.78 is 6.15. The summed E-state index contributed by atoms with van der Waals surface area (Å²) in [5, 5.41) is 4.99. The Kier molecular flexibility index (Phi) is 4.47. The lowest BCUT2D eigenvalue weighted by molar-refractivity contribution is 0.657. The Morgan fingerprint density at radius 1 is 0.727 bits per heavy atom. The fourth-order valence-corrected chi connectivity index (χ4v) is 4.51. The van der Waals surface area contributed by atoms with Gasteiger partial charge in [0.1, 0.15) is 0 Å². The van der Waals surface area contributed by atoms with Gasteiger partial charge < -0.3 is 14.7 Å². The Bertz CT molecular complexity index is 1780. The second kappa shape index (κ2) is 7.64. The van der Waals surface area contributed by atoms with Gasteiger partial charge >= 0.3 is 0 Å². The van der Waals surface area contributed by atoms with Crippen LogP contribution < -0.4 is 16.2 Å². The van der Waals surface area contributed by atoms with Crippen molar-refractivity contribution in [2.75, 3.05) is 11.9 Å². The van der Waals surface area contributed by atoms with Crippen molar-refractivity contribution in [2.45, 2.75) is 6.42 Å². The lowest BCUT2D eigenvalue weighted by Gasteiger charge is -2.13. The number of fused-ring (bicyclic) bond motifs is 5. The van der Waals surface area contributed by atoms with Crippen molar-refractivity contribution in [3.8, 4) is 0 Å². The van der Waals surface area contributed by atoms with Crippen LogP contribution in [0.25, 0.3) is 43.7 Å². The summed E-state index contributed by atoms with van der Waals surface area (Å²) in [6, 6.07) is 26.5. The third-order valence-corrected chi connectivity index (χ3v) is 6.10. The highest BCUT2D eigenvalue weighted by Gasteiger charge is 2.19. The molecule has 0 fully saturated rings. The Labute approximate surface area is 188 Å². The number of para-hydroxylation sites is 2. The van der Waals surface area contributed by atoms with Gasteiger partial charge in [-0.25, -0.2) is 0 Å². The highest BCUT2D eigenvalue weighted by Crippen LogP contribution is 2.31. The zero-order valence-corrected chi connectivity index (χ0v) is 17.7. The minimum atomic E-state index is -0.182. The number of hydrogen-bond acceptors (Lipinski definition) is 4. The maximum absolute atomic E-state index is 13.6. The monoisotopic (exact) mass is 432 g/mol. The highest BCUT2D eigenvalue weighted by atomic mass is 16.3. The summed E-state index contributed by atoms with van der Waals surface area (Å²) in [4.78, 5) is 30.5. The van der Waals surface area contributed by atoms with E-state index in [4.69, 9.17) is 4.42 Å². The van der Waals surface area contributed by atoms with E-state index in [2.05, 4.69) is 22.4 Å². The normalized spacial score (nSPS) is 11.5. The fourth-order valence-electron chi connectivity index (χ4n) is 4.51. The number of anilines is 1. The molecule has 0 amide bonds. The van der Waals surface area contributed by atoms with Crippen LogP contribution in [0.2, 0.25) is 0 Å². The van der Waals surface area contributed by atoms with E-state index in [1.54, 1.807) is 24.3 Å². The van der Waals surface area contributed by atoms with Gasteiger partial charge in [-0.1, -0.05) is 66.7 Å². The molecular weight excluding hydrogens is 412 g/mol. The zero-order valence-electron chi connectivity index (χ0n) is 17.7. The molecule has 0 aliphatic carbocycles. The number of benzene rings is 5. The third-order valence-electron chi connectivity index (χ3n) is 6.10. The number of hydrogen-bond donors (Lipinski definition) is 2. The van der Waals surface area contributed by atoms with E-state index in [-0.39, 0.29) is 10.9 Å². The average Bonchev–Trinajstić information content (AvgIpc) is 2.86. The molecule has 33 heavy (non-hydrogen) atoms. The molecule has 0 spiro atoms. The van der Waals surface area contributed by atoms with Crippen LogP contribution in [0.5, 0.6) is 0 Å². The van der Waals surface area contributed by atoms with Gasteiger partial charge in [-0.15, -0.1) is 0 Å². The van der Waals surface area contributed by atoms with Crippen LogP contribution >= 0.6 is 0 Å². The van der Waals surface area contributed by atoms with Crippen molar-refractivity contribution in [3.05, 3.63) is 111 Å². The molecule has 160 valence electrons. The molecule has 6 rings (SSSR count). The maximum atomic E-state index is 13.6. The summed E-state index contributed by atoms with van der Waals surface area (Å²) >= 11 is 0. The fraction of sp³-hybridized carbons (Fsp3) is 0.0714. The first-order chi connectivity index (χ1) is 16.2. The number of aromatic nitrogens is 1. The van der Waals surface area contributed by atoms with Crippen LogP contribution in [-0.2, 0) is 6.42 Å². The predicted octanol–water partition coefficient (Wildman–Crippen LogP) is 5.60. The predicted molar refractivity (Wildman–Crippen MR) is 134 cm³/mol. The standard InChI is InChI=1S/C28H20N2O3/c31-27-18-10-4-5-11-19(18)28(32)25-24(27)21(29-15-14-17-8-2-1-3-9-17)16-23-26(25)30-20-12-6-7-13-22(20)33-23/h1-13,16,29-30H,14-15H2. The van der Waals surface area contributed by atoms with Gasteiger partial charge in [0.25, 0.3) is 0 Å². The quantitative estimate of drug-likeness (QED) is 0.281. The molecule has 0 aliphatic heterocycles. The van der Waals surface area contributed by atoms with Gasteiger partial charge in [0.2, 0.25) is 0 Å². The molecule has 5 heteroatoms. The SMILES string of the molecule is O=c1c2ccccc2c(=O)c2c1c(NCCc1ccccc1)cc1oc3ccccc3[nH]c12. The van der Waals surface area contributed by atoms with Gasteiger partial charge in [-0.3, -0.25) is 9.59 Å². The van der Waals surface area contributed by atoms with Crippen LogP contribution in [0.1, 0.15) is 5.56 Å². The van der Waals surface area contributed by atoms with Crippen LogP contribution in [0.3, 0.4) is 0 Å². The lowest BCUT2D eigenvalue weighted by atomic mass is 9.99. The van der Waals surface area contributed by atoms with Crippen molar-refractivity contribution < 1.29 is 4.42 Å². The van der Waals surface area contributed by atoms with Gasteiger partial charge in [0.15, 0.2) is 22.0 Å². The second-order valence-corrected chi connectivity index (χ2v) is 8.14. The molecule has 0 unspecified atom stereocenters. The Morgan fingerprint density at radius 3 is 2.18 bits per heavy atom. The first kappa shape index (κ1) is 19.3. The molecule has 5 aromatic carbocycles. The van der Waals surface area contributed by atoms with E-state index in [0.717, 1.165) is 11.9 Å². The maximum Gasteiger partial charge on any atom is 0.196 e. The Hall–Kier alpha value is -4.38. The van der Waals surface area contributed by atoms with Crippen molar-refractivity contribution in [2.24, 2.45) is 0 Å². The Morgan fingerprint density at radius 2 is 1.39 bits per heavy atom. The van der Waals surface area contributed by atoms with Crippen LogP contribution in [0.15, 0.2) is 98.9 Å². The van der Waals surface area contributed by atoms with Gasteiger partial charge in [-0.05, 0) is 24.1 Å². The molecule has 2 N–H and O–H groups in total. The first-order valence-corrected chi connectivity index (χ1v) is 10.9. The van der Waals surface area contributed by atoms with Crippen molar-refractivity contribution in [1.82, 2.24) is 4.98 Å². The minimum absolute atomic E-state index is 0.161. The summed E-state index contributed by atoms with van der Waals surface area (Å²) in [6.07, 6.45) is 0.785. The van der Waals surface area contributed by atoms with Gasteiger partial charge in [0.05, 0.1) is 21.8 Å². The summed E-state index contributed by atoms with van der Waals surface area (Å²) in [5.74, 6) is 0. The molecule has 0 atom stereocenters. The van der Waals surface area contributed by atoms with E-state index in [1.165, 1.54) is 5.56 Å². The van der Waals surface area contributed by atoms with E-state index in [0.29, 0.717) is 50.5 Å². The molecule has 1 heterocycles. The van der Waals surface area contributed by atoms with Crippen LogP contribution in [0, 0.1) is 0 Å². The Balaban J connectivity index is 1.64. The molecule has 1 aromatic heterocycles. The molecule has 0 saturated carbocycles. The minimum Gasteiger partial charge on any atom is -0.453 e. The number of aromatic amines is 1. The largest absolute Gasteiger partial charge is 0.453 e. The van der Waals surface area contributed by atoms with Crippen molar-refractivity contribution in [1.29, 1.82) is 0 Å². The van der Waals surface area contributed by atoms with Gasteiger partial charge in [0, 0.05) is 29.1 Å². The van der Waals surface area contributed by atoms with E-state index in [9.17, 15) is 9.59 Å². The summed E-state index contributed by atoms with van der Waals surface area (Å²) in [6.45, 7) is 0.613. The molecule has 5 nitrogen and oxygen atoms in total. The van der Waals surface area contributed by atoms with Crippen LogP contribution in [0.4, 0.5) is 5.69 Å². The topological polar surface area (TPSA) is 75.1 Å². The molecular formula is C28H20N2O3. The van der Waals surface area contributed by atoms with E-state index in [1.807, 2.05) is 48.5 Å². The average molecular weight is 432 g/mol. The summed E-state index contributed by atoms with van der Waals surface area (Å²) in [5.41, 5.74) is 3.95. The smallest absolute Gasteiger partial charge is 0.196 e.